The van der Waals surface area contributed by atoms with Crippen molar-refractivity contribution in [3.8, 4) is 11.3 Å². The second-order valence-corrected chi connectivity index (χ2v) is 11.4. The fraction of sp³-hybridized carbons (Fsp3) is 0.567. The molecule has 1 aliphatic carbocycles. The van der Waals surface area contributed by atoms with Crippen LogP contribution in [0.3, 0.4) is 0 Å². The summed E-state index contributed by atoms with van der Waals surface area (Å²) in [6.45, 7) is 8.46. The van der Waals surface area contributed by atoms with E-state index < -0.39 is 5.82 Å². The number of amides is 1. The lowest BCUT2D eigenvalue weighted by Gasteiger charge is -2.27. The minimum atomic E-state index is -0.574. The first-order valence-electron chi connectivity index (χ1n) is 14.3. The maximum absolute atomic E-state index is 15.1. The number of nitrogens with zero attached hydrogens (tertiary/aromatic N) is 5. The molecule has 3 aromatic rings. The minimum Gasteiger partial charge on any atom is -0.465 e. The summed E-state index contributed by atoms with van der Waals surface area (Å²) in [7, 11) is 0. The number of rotatable bonds is 11. The zero-order valence-electron chi connectivity index (χ0n) is 23.6. The predicted octanol–water partition coefficient (Wildman–Crippen LogP) is 5.27. The van der Waals surface area contributed by atoms with E-state index in [0.717, 1.165) is 43.2 Å². The van der Waals surface area contributed by atoms with Crippen molar-refractivity contribution in [2.24, 2.45) is 5.41 Å². The molecular formula is C30H38FN5O4. The van der Waals surface area contributed by atoms with Crippen molar-refractivity contribution in [1.82, 2.24) is 24.9 Å². The van der Waals surface area contributed by atoms with Gasteiger partial charge < -0.3 is 14.4 Å². The lowest BCUT2D eigenvalue weighted by molar-refractivity contribution is -0.145. The molecule has 2 aliphatic rings. The van der Waals surface area contributed by atoms with Crippen LogP contribution in [0.1, 0.15) is 80.8 Å². The first-order chi connectivity index (χ1) is 19.3. The number of aromatic nitrogens is 4. The molecule has 10 heteroatoms. The molecule has 3 heterocycles. The standard InChI is InChI=1S/C30H38FN5O4/c1-4-6-21(7-5-8-28(37)40-19-30(3)9-10-30)36-27-18-32-25(17-26(27)33-34-36)22-16-24(31)23(15-20(22)2)29(38)35-11-13-39-14-12-35/h15-18,21H,4-14,19H2,1-3H3. The van der Waals surface area contributed by atoms with E-state index in [9.17, 15) is 9.59 Å². The third-order valence-corrected chi connectivity index (χ3v) is 8.05. The van der Waals surface area contributed by atoms with Gasteiger partial charge in [-0.05, 0) is 62.8 Å². The van der Waals surface area contributed by atoms with Crippen LogP contribution < -0.4 is 0 Å². The maximum atomic E-state index is 15.1. The largest absolute Gasteiger partial charge is 0.465 e. The topological polar surface area (TPSA) is 99.4 Å². The van der Waals surface area contributed by atoms with E-state index in [4.69, 9.17) is 9.47 Å². The van der Waals surface area contributed by atoms with Crippen molar-refractivity contribution >= 4 is 22.9 Å². The predicted molar refractivity (Wildman–Crippen MR) is 148 cm³/mol. The molecule has 1 amide bonds. The Bertz CT molecular complexity index is 1380. The van der Waals surface area contributed by atoms with Crippen LogP contribution in [0.5, 0.6) is 0 Å². The Hall–Kier alpha value is -3.40. The van der Waals surface area contributed by atoms with Gasteiger partial charge >= 0.3 is 5.97 Å². The number of carbonyl (C=O) groups excluding carboxylic acids is 2. The summed E-state index contributed by atoms with van der Waals surface area (Å²) >= 11 is 0. The van der Waals surface area contributed by atoms with Crippen LogP contribution in [0.2, 0.25) is 0 Å². The average Bonchev–Trinajstić information content (AvgIpc) is 3.55. The molecule has 1 saturated carbocycles. The van der Waals surface area contributed by atoms with Crippen LogP contribution in [0.25, 0.3) is 22.3 Å². The number of benzene rings is 1. The molecule has 0 bridgehead atoms. The third-order valence-electron chi connectivity index (χ3n) is 8.05. The minimum absolute atomic E-state index is 0.0585. The summed E-state index contributed by atoms with van der Waals surface area (Å²) in [5.74, 6) is -1.04. The van der Waals surface area contributed by atoms with Gasteiger partial charge in [0.25, 0.3) is 5.91 Å². The number of morpholine rings is 1. The van der Waals surface area contributed by atoms with E-state index in [1.54, 1.807) is 17.2 Å². The van der Waals surface area contributed by atoms with E-state index in [-0.39, 0.29) is 28.9 Å². The molecule has 1 atom stereocenters. The van der Waals surface area contributed by atoms with Gasteiger partial charge in [0, 0.05) is 30.5 Å². The van der Waals surface area contributed by atoms with Gasteiger partial charge in [0.15, 0.2) is 0 Å². The Morgan fingerprint density at radius 3 is 2.67 bits per heavy atom. The molecule has 1 unspecified atom stereocenters. The summed E-state index contributed by atoms with van der Waals surface area (Å²) in [4.78, 5) is 31.3. The molecule has 0 N–H and O–H groups in total. The zero-order chi connectivity index (χ0) is 28.3. The quantitative estimate of drug-likeness (QED) is 0.300. The van der Waals surface area contributed by atoms with Crippen molar-refractivity contribution in [2.45, 2.75) is 71.8 Å². The van der Waals surface area contributed by atoms with E-state index in [1.165, 1.54) is 6.07 Å². The fourth-order valence-corrected chi connectivity index (χ4v) is 5.20. The van der Waals surface area contributed by atoms with Crippen LogP contribution in [-0.2, 0) is 14.3 Å². The van der Waals surface area contributed by atoms with Gasteiger partial charge in [-0.2, -0.15) is 0 Å². The number of pyridine rings is 1. The summed E-state index contributed by atoms with van der Waals surface area (Å²) in [5.41, 5.74) is 3.64. The second kappa shape index (κ2) is 12.0. The Kier molecular flexibility index (Phi) is 8.44. The highest BCUT2D eigenvalue weighted by atomic mass is 19.1. The number of esters is 1. The van der Waals surface area contributed by atoms with Gasteiger partial charge in [-0.15, -0.1) is 5.10 Å². The highest BCUT2D eigenvalue weighted by Crippen LogP contribution is 2.45. The highest BCUT2D eigenvalue weighted by molar-refractivity contribution is 5.95. The lowest BCUT2D eigenvalue weighted by atomic mass is 10.00. The molecule has 1 saturated heterocycles. The van der Waals surface area contributed by atoms with Gasteiger partial charge in [-0.25, -0.2) is 9.07 Å². The monoisotopic (exact) mass is 551 g/mol. The average molecular weight is 552 g/mol. The number of hydrogen-bond donors (Lipinski definition) is 0. The van der Waals surface area contributed by atoms with Crippen LogP contribution in [-0.4, -0.2) is 69.7 Å². The van der Waals surface area contributed by atoms with Crippen molar-refractivity contribution in [2.75, 3.05) is 32.9 Å². The summed E-state index contributed by atoms with van der Waals surface area (Å²) in [6.07, 6.45) is 7.72. The van der Waals surface area contributed by atoms with E-state index >= 15 is 4.39 Å². The molecular weight excluding hydrogens is 513 g/mol. The van der Waals surface area contributed by atoms with E-state index in [1.807, 2.05) is 17.7 Å². The lowest BCUT2D eigenvalue weighted by Crippen LogP contribution is -2.41. The number of aryl methyl sites for hydroxylation is 1. The maximum Gasteiger partial charge on any atom is 0.305 e. The number of fused-ring (bicyclic) bond motifs is 1. The summed E-state index contributed by atoms with van der Waals surface area (Å²) in [5, 5.41) is 8.82. The molecule has 0 spiro atoms. The Morgan fingerprint density at radius 1 is 1.18 bits per heavy atom. The van der Waals surface area contributed by atoms with Gasteiger partial charge in [0.05, 0.1) is 43.3 Å². The van der Waals surface area contributed by atoms with Crippen molar-refractivity contribution in [3.05, 3.63) is 41.3 Å². The number of hydrogen-bond acceptors (Lipinski definition) is 7. The number of ether oxygens (including phenoxy) is 2. The molecule has 9 nitrogen and oxygen atoms in total. The second-order valence-electron chi connectivity index (χ2n) is 11.4. The van der Waals surface area contributed by atoms with Crippen LogP contribution in [0.15, 0.2) is 24.4 Å². The van der Waals surface area contributed by atoms with Gasteiger partial charge in [0.1, 0.15) is 16.9 Å². The van der Waals surface area contributed by atoms with Crippen LogP contribution in [0, 0.1) is 18.2 Å². The Labute approximate surface area is 234 Å². The highest BCUT2D eigenvalue weighted by Gasteiger charge is 2.38. The molecule has 1 aliphatic heterocycles. The SMILES string of the molecule is CCCC(CCCC(=O)OCC1(C)CC1)n1nnc2cc(-c3cc(F)c(C(=O)N4CCOCC4)cc3C)ncc21. The molecule has 5 rings (SSSR count). The van der Waals surface area contributed by atoms with E-state index in [0.29, 0.717) is 62.5 Å². The van der Waals surface area contributed by atoms with Gasteiger partial charge in [-0.3, -0.25) is 14.6 Å². The number of halogens is 1. The molecule has 214 valence electrons. The molecule has 1 aromatic carbocycles. The molecule has 2 fully saturated rings. The van der Waals surface area contributed by atoms with Crippen molar-refractivity contribution in [3.63, 3.8) is 0 Å². The smallest absolute Gasteiger partial charge is 0.305 e. The van der Waals surface area contributed by atoms with Crippen molar-refractivity contribution < 1.29 is 23.5 Å². The fourth-order valence-electron chi connectivity index (χ4n) is 5.20. The zero-order valence-corrected chi connectivity index (χ0v) is 23.6. The normalized spacial score (nSPS) is 17.1. The Morgan fingerprint density at radius 2 is 1.95 bits per heavy atom. The first-order valence-corrected chi connectivity index (χ1v) is 14.3. The number of carbonyl (C=O) groups is 2. The summed E-state index contributed by atoms with van der Waals surface area (Å²) in [6, 6.07) is 4.87. The Balaban J connectivity index is 1.29. The summed E-state index contributed by atoms with van der Waals surface area (Å²) < 4.78 is 27.8. The molecule has 40 heavy (non-hydrogen) atoms. The molecule has 2 aromatic heterocycles. The van der Waals surface area contributed by atoms with Crippen LogP contribution in [0.4, 0.5) is 4.39 Å². The van der Waals surface area contributed by atoms with Gasteiger partial charge in [0.2, 0.25) is 0 Å². The van der Waals surface area contributed by atoms with E-state index in [2.05, 4.69) is 29.1 Å². The third kappa shape index (κ3) is 6.32. The first kappa shape index (κ1) is 28.1. The molecule has 0 radical (unpaired) electrons. The van der Waals surface area contributed by atoms with Gasteiger partial charge in [-0.1, -0.05) is 25.5 Å². The van der Waals surface area contributed by atoms with Crippen LogP contribution >= 0.6 is 0 Å². The van der Waals surface area contributed by atoms with Crippen molar-refractivity contribution in [1.29, 1.82) is 0 Å².